The molecule has 0 saturated carbocycles. The van der Waals surface area contributed by atoms with Crippen LogP contribution in [0.1, 0.15) is 27.7 Å². The van der Waals surface area contributed by atoms with E-state index in [1.807, 2.05) is 0 Å². The minimum atomic E-state index is -0.00125. The molecule has 21 heavy (non-hydrogen) atoms. The van der Waals surface area contributed by atoms with E-state index in [1.165, 1.54) is 0 Å². The highest BCUT2D eigenvalue weighted by molar-refractivity contribution is 5.28. The average molecular weight is 294 g/mol. The van der Waals surface area contributed by atoms with Gasteiger partial charge in [-0.3, -0.25) is 4.90 Å². The second-order valence-corrected chi connectivity index (χ2v) is 6.25. The van der Waals surface area contributed by atoms with Crippen molar-refractivity contribution in [1.29, 1.82) is 0 Å². The van der Waals surface area contributed by atoms with Crippen molar-refractivity contribution in [2.24, 2.45) is 0 Å². The molecule has 0 radical (unpaired) electrons. The summed E-state index contributed by atoms with van der Waals surface area (Å²) >= 11 is 0. The number of hydrogen-bond acceptors (Lipinski definition) is 6. The van der Waals surface area contributed by atoms with E-state index in [-0.39, 0.29) is 17.7 Å². The molecule has 0 unspecified atom stereocenters. The third-order valence-corrected chi connectivity index (χ3v) is 3.79. The van der Waals surface area contributed by atoms with Crippen LogP contribution < -0.4 is 10.1 Å². The number of nitrogens with one attached hydrogen (secondary N) is 1. The van der Waals surface area contributed by atoms with E-state index in [0.717, 1.165) is 19.6 Å². The van der Waals surface area contributed by atoms with E-state index >= 15 is 0 Å². The first-order valence-corrected chi connectivity index (χ1v) is 7.42. The van der Waals surface area contributed by atoms with Crippen LogP contribution in [0.25, 0.3) is 0 Å². The largest absolute Gasteiger partial charge is 0.481 e. The topological polar surface area (TPSA) is 59.5 Å². The molecule has 0 amide bonds. The summed E-state index contributed by atoms with van der Waals surface area (Å²) < 4.78 is 10.9. The number of ether oxygens (including phenoxy) is 2. The number of hydrogen-bond donors (Lipinski definition) is 1. The van der Waals surface area contributed by atoms with Gasteiger partial charge in [0, 0.05) is 37.4 Å². The zero-order chi connectivity index (χ0) is 15.5. The Morgan fingerprint density at radius 2 is 2.05 bits per heavy atom. The molecule has 0 aromatic carbocycles. The Morgan fingerprint density at radius 3 is 2.67 bits per heavy atom. The molecule has 1 aromatic heterocycles. The standard InChI is InChI=1S/C15H26N4O2/c1-11-8-19(9-12(2)21-11)15(3,4)10-17-14-16-7-6-13(18-14)20-5/h6-7,11-12H,8-10H2,1-5H3,(H,16,17,18)/t11-,12-/m1/s1. The minimum absolute atomic E-state index is 0.00125. The van der Waals surface area contributed by atoms with Gasteiger partial charge in [-0.2, -0.15) is 4.98 Å². The zero-order valence-corrected chi connectivity index (χ0v) is 13.6. The number of aromatic nitrogens is 2. The van der Waals surface area contributed by atoms with Gasteiger partial charge in [0.15, 0.2) is 0 Å². The van der Waals surface area contributed by atoms with Crippen molar-refractivity contribution < 1.29 is 9.47 Å². The van der Waals surface area contributed by atoms with Gasteiger partial charge in [-0.15, -0.1) is 0 Å². The molecular weight excluding hydrogens is 268 g/mol. The molecule has 0 aliphatic carbocycles. The normalized spacial score (nSPS) is 23.9. The lowest BCUT2D eigenvalue weighted by atomic mass is 10.0. The number of rotatable bonds is 5. The first-order chi connectivity index (χ1) is 9.90. The molecule has 0 bridgehead atoms. The van der Waals surface area contributed by atoms with Crippen LogP contribution in [-0.4, -0.2) is 59.4 Å². The van der Waals surface area contributed by atoms with Crippen LogP contribution in [0.2, 0.25) is 0 Å². The average Bonchev–Trinajstić information content (AvgIpc) is 2.44. The Labute approximate surface area is 126 Å². The molecule has 1 fully saturated rings. The fourth-order valence-electron chi connectivity index (χ4n) is 2.62. The van der Waals surface area contributed by atoms with Gasteiger partial charge in [0.1, 0.15) is 0 Å². The molecule has 6 heteroatoms. The van der Waals surface area contributed by atoms with Crippen molar-refractivity contribution in [2.45, 2.75) is 45.4 Å². The SMILES string of the molecule is COc1ccnc(NCC(C)(C)N2C[C@@H](C)O[C@H](C)C2)n1. The molecule has 6 nitrogen and oxygen atoms in total. The molecule has 2 rings (SSSR count). The Hall–Kier alpha value is -1.40. The summed E-state index contributed by atoms with van der Waals surface area (Å²) in [6, 6.07) is 1.74. The molecule has 1 N–H and O–H groups in total. The van der Waals surface area contributed by atoms with Crippen molar-refractivity contribution >= 4 is 5.95 Å². The number of morpholine rings is 1. The van der Waals surface area contributed by atoms with Crippen LogP contribution in [0.15, 0.2) is 12.3 Å². The third kappa shape index (κ3) is 4.28. The van der Waals surface area contributed by atoms with Crippen molar-refractivity contribution in [1.82, 2.24) is 14.9 Å². The number of anilines is 1. The lowest BCUT2D eigenvalue weighted by Crippen LogP contribution is -2.57. The molecule has 2 heterocycles. The lowest BCUT2D eigenvalue weighted by Gasteiger charge is -2.45. The maximum absolute atomic E-state index is 5.80. The fourth-order valence-corrected chi connectivity index (χ4v) is 2.62. The van der Waals surface area contributed by atoms with E-state index in [2.05, 4.69) is 47.9 Å². The molecule has 1 aliphatic rings. The fraction of sp³-hybridized carbons (Fsp3) is 0.733. The molecular formula is C15H26N4O2. The minimum Gasteiger partial charge on any atom is -0.481 e. The quantitative estimate of drug-likeness (QED) is 0.893. The Morgan fingerprint density at radius 1 is 1.38 bits per heavy atom. The predicted molar refractivity (Wildman–Crippen MR) is 82.7 cm³/mol. The highest BCUT2D eigenvalue weighted by Crippen LogP contribution is 2.21. The highest BCUT2D eigenvalue weighted by Gasteiger charge is 2.33. The number of nitrogens with zero attached hydrogens (tertiary/aromatic N) is 3. The Balaban J connectivity index is 1.96. The zero-order valence-electron chi connectivity index (χ0n) is 13.6. The summed E-state index contributed by atoms with van der Waals surface area (Å²) in [7, 11) is 1.60. The Bertz CT molecular complexity index is 457. The third-order valence-electron chi connectivity index (χ3n) is 3.79. The van der Waals surface area contributed by atoms with E-state index in [0.29, 0.717) is 11.8 Å². The maximum atomic E-state index is 5.80. The van der Waals surface area contributed by atoms with Crippen LogP contribution >= 0.6 is 0 Å². The summed E-state index contributed by atoms with van der Waals surface area (Å²) in [5.41, 5.74) is -0.00125. The van der Waals surface area contributed by atoms with Gasteiger partial charge in [-0.25, -0.2) is 4.98 Å². The van der Waals surface area contributed by atoms with E-state index in [4.69, 9.17) is 9.47 Å². The van der Waals surface area contributed by atoms with Gasteiger partial charge in [0.25, 0.3) is 0 Å². The van der Waals surface area contributed by atoms with Gasteiger partial charge in [0.2, 0.25) is 11.8 Å². The first-order valence-electron chi connectivity index (χ1n) is 7.42. The first kappa shape index (κ1) is 16.0. The summed E-state index contributed by atoms with van der Waals surface area (Å²) in [5.74, 6) is 1.16. The molecule has 1 aromatic rings. The van der Waals surface area contributed by atoms with Crippen LogP contribution in [-0.2, 0) is 4.74 Å². The van der Waals surface area contributed by atoms with Crippen LogP contribution in [0.3, 0.4) is 0 Å². The molecule has 1 saturated heterocycles. The summed E-state index contributed by atoms with van der Waals surface area (Å²) in [6.45, 7) is 11.3. The summed E-state index contributed by atoms with van der Waals surface area (Å²) in [5, 5.41) is 3.30. The van der Waals surface area contributed by atoms with Crippen molar-refractivity contribution in [3.8, 4) is 5.88 Å². The van der Waals surface area contributed by atoms with Crippen molar-refractivity contribution in [2.75, 3.05) is 32.1 Å². The van der Waals surface area contributed by atoms with Crippen molar-refractivity contribution in [3.05, 3.63) is 12.3 Å². The van der Waals surface area contributed by atoms with Gasteiger partial charge in [0.05, 0.1) is 19.3 Å². The maximum Gasteiger partial charge on any atom is 0.226 e. The monoisotopic (exact) mass is 294 g/mol. The number of methoxy groups -OCH3 is 1. The molecule has 0 spiro atoms. The lowest BCUT2D eigenvalue weighted by molar-refractivity contribution is -0.0933. The van der Waals surface area contributed by atoms with Crippen molar-refractivity contribution in [3.63, 3.8) is 0 Å². The summed E-state index contributed by atoms with van der Waals surface area (Å²) in [6.07, 6.45) is 2.22. The molecule has 1 aliphatic heterocycles. The second kappa shape index (κ2) is 6.58. The van der Waals surface area contributed by atoms with Gasteiger partial charge >= 0.3 is 0 Å². The van der Waals surface area contributed by atoms with E-state index < -0.39 is 0 Å². The summed E-state index contributed by atoms with van der Waals surface area (Å²) in [4.78, 5) is 11.0. The van der Waals surface area contributed by atoms with E-state index in [9.17, 15) is 0 Å². The highest BCUT2D eigenvalue weighted by atomic mass is 16.5. The van der Waals surface area contributed by atoms with E-state index in [1.54, 1.807) is 19.4 Å². The van der Waals surface area contributed by atoms with Crippen LogP contribution in [0.4, 0.5) is 5.95 Å². The molecule has 2 atom stereocenters. The Kier molecular flexibility index (Phi) is 5.00. The smallest absolute Gasteiger partial charge is 0.226 e. The molecule has 118 valence electrons. The second-order valence-electron chi connectivity index (χ2n) is 6.25. The van der Waals surface area contributed by atoms with Crippen LogP contribution in [0.5, 0.6) is 5.88 Å². The van der Waals surface area contributed by atoms with Gasteiger partial charge in [-0.1, -0.05) is 0 Å². The predicted octanol–water partition coefficient (Wildman–Crippen LogP) is 1.78. The van der Waals surface area contributed by atoms with Gasteiger partial charge < -0.3 is 14.8 Å². The van der Waals surface area contributed by atoms with Crippen LogP contribution in [0, 0.1) is 0 Å². The van der Waals surface area contributed by atoms with Gasteiger partial charge in [-0.05, 0) is 27.7 Å².